The van der Waals surface area contributed by atoms with Gasteiger partial charge in [0.05, 0.1) is 25.4 Å². The Balaban J connectivity index is 1.93. The third-order valence-electron chi connectivity index (χ3n) is 4.05. The molecule has 2 amide bonds. The molecule has 0 aromatic carbocycles. The second-order valence-corrected chi connectivity index (χ2v) is 7.65. The second-order valence-electron chi connectivity index (χ2n) is 6.67. The molecule has 1 aromatic rings. The summed E-state index contributed by atoms with van der Waals surface area (Å²) in [7, 11) is 0. The van der Waals surface area contributed by atoms with Gasteiger partial charge < -0.3 is 20.1 Å². The quantitative estimate of drug-likeness (QED) is 0.837. The smallest absolute Gasteiger partial charge is 0.318 e. The lowest BCUT2D eigenvalue weighted by molar-refractivity contribution is -0.00697. The lowest BCUT2D eigenvalue weighted by Crippen LogP contribution is -2.54. The number of rotatable bonds is 6. The van der Waals surface area contributed by atoms with E-state index in [0.29, 0.717) is 32.1 Å². The molecule has 0 spiro atoms. The number of thiophene rings is 1. The molecular formula is C17H28N2O3S. The fraction of sp³-hybridized carbons (Fsp3) is 0.706. The van der Waals surface area contributed by atoms with Crippen LogP contribution in [-0.4, -0.2) is 47.9 Å². The maximum absolute atomic E-state index is 12.5. The van der Waals surface area contributed by atoms with Gasteiger partial charge in [-0.05, 0) is 30.7 Å². The molecule has 2 heterocycles. The normalized spacial score (nSPS) is 21.3. The van der Waals surface area contributed by atoms with Crippen molar-refractivity contribution in [2.24, 2.45) is 5.92 Å². The average Bonchev–Trinajstić information content (AvgIpc) is 3.01. The van der Waals surface area contributed by atoms with E-state index >= 15 is 0 Å². The summed E-state index contributed by atoms with van der Waals surface area (Å²) in [5.41, 5.74) is 0. The number of carbonyl (C=O) groups is 1. The number of carbonyl (C=O) groups excluding carboxylic acids is 1. The monoisotopic (exact) mass is 340 g/mol. The van der Waals surface area contributed by atoms with Gasteiger partial charge in [-0.25, -0.2) is 4.79 Å². The highest BCUT2D eigenvalue weighted by atomic mass is 32.1. The van der Waals surface area contributed by atoms with E-state index in [-0.39, 0.29) is 18.1 Å². The van der Waals surface area contributed by atoms with Crippen molar-refractivity contribution in [3.8, 4) is 0 Å². The molecule has 0 radical (unpaired) electrons. The van der Waals surface area contributed by atoms with Crippen molar-refractivity contribution in [2.45, 2.75) is 51.8 Å². The SMILES string of the molecule is CC(C)CC(C)NC(=O)N1CCOCC1CC(O)c1cccs1. The van der Waals surface area contributed by atoms with Crippen LogP contribution in [0.5, 0.6) is 0 Å². The standard InChI is InChI=1S/C17H28N2O3S/c1-12(2)9-13(3)18-17(21)19-6-7-22-11-14(19)10-15(20)16-5-4-8-23-16/h4-5,8,12-15,20H,6-7,9-11H2,1-3H3,(H,18,21). The summed E-state index contributed by atoms with van der Waals surface area (Å²) >= 11 is 1.54. The number of aliphatic hydroxyl groups excluding tert-OH is 1. The Hall–Kier alpha value is -1.11. The second kappa shape index (κ2) is 8.66. The molecule has 1 aromatic heterocycles. The fourth-order valence-corrected chi connectivity index (χ4v) is 3.76. The molecule has 1 saturated heterocycles. The number of aliphatic hydroxyl groups is 1. The molecule has 6 heteroatoms. The van der Waals surface area contributed by atoms with Crippen LogP contribution in [0.1, 0.15) is 44.6 Å². The van der Waals surface area contributed by atoms with Gasteiger partial charge in [-0.2, -0.15) is 0 Å². The number of hydrogen-bond donors (Lipinski definition) is 2. The van der Waals surface area contributed by atoms with Crippen molar-refractivity contribution in [3.63, 3.8) is 0 Å². The summed E-state index contributed by atoms with van der Waals surface area (Å²) < 4.78 is 5.52. The number of hydrogen-bond acceptors (Lipinski definition) is 4. The minimum Gasteiger partial charge on any atom is -0.387 e. The zero-order valence-corrected chi connectivity index (χ0v) is 15.0. The Labute approximate surface area is 142 Å². The van der Waals surface area contributed by atoms with Crippen molar-refractivity contribution < 1.29 is 14.6 Å². The van der Waals surface area contributed by atoms with Crippen LogP contribution in [-0.2, 0) is 4.74 Å². The van der Waals surface area contributed by atoms with Gasteiger partial charge in [-0.1, -0.05) is 19.9 Å². The molecule has 3 unspecified atom stereocenters. The van der Waals surface area contributed by atoms with Gasteiger partial charge in [-0.15, -0.1) is 11.3 Å². The number of ether oxygens (including phenoxy) is 1. The summed E-state index contributed by atoms with van der Waals surface area (Å²) in [5, 5.41) is 15.4. The van der Waals surface area contributed by atoms with E-state index < -0.39 is 6.10 Å². The molecule has 1 fully saturated rings. The predicted molar refractivity (Wildman–Crippen MR) is 92.7 cm³/mol. The topological polar surface area (TPSA) is 61.8 Å². The fourth-order valence-electron chi connectivity index (χ4n) is 3.03. The highest BCUT2D eigenvalue weighted by Crippen LogP contribution is 2.26. The predicted octanol–water partition coefficient (Wildman–Crippen LogP) is 3.02. The van der Waals surface area contributed by atoms with E-state index in [2.05, 4.69) is 19.2 Å². The van der Waals surface area contributed by atoms with Gasteiger partial charge in [-0.3, -0.25) is 0 Å². The number of amides is 2. The van der Waals surface area contributed by atoms with Crippen molar-refractivity contribution >= 4 is 17.4 Å². The van der Waals surface area contributed by atoms with Crippen molar-refractivity contribution in [2.75, 3.05) is 19.8 Å². The first kappa shape index (κ1) is 18.2. The third kappa shape index (κ3) is 5.48. The third-order valence-corrected chi connectivity index (χ3v) is 5.02. The number of nitrogens with zero attached hydrogens (tertiary/aromatic N) is 1. The van der Waals surface area contributed by atoms with Gasteiger partial charge in [0.25, 0.3) is 0 Å². The van der Waals surface area contributed by atoms with Crippen LogP contribution in [0.3, 0.4) is 0 Å². The van der Waals surface area contributed by atoms with E-state index in [1.54, 1.807) is 0 Å². The summed E-state index contributed by atoms with van der Waals surface area (Å²) in [5.74, 6) is 0.548. The van der Waals surface area contributed by atoms with Crippen molar-refractivity contribution in [3.05, 3.63) is 22.4 Å². The van der Waals surface area contributed by atoms with Crippen LogP contribution < -0.4 is 5.32 Å². The number of urea groups is 1. The molecule has 0 saturated carbocycles. The molecule has 23 heavy (non-hydrogen) atoms. The Bertz CT molecular complexity index is 478. The molecule has 130 valence electrons. The van der Waals surface area contributed by atoms with E-state index in [4.69, 9.17) is 4.74 Å². The Morgan fingerprint density at radius 2 is 2.30 bits per heavy atom. The Kier molecular flexibility index (Phi) is 6.87. The van der Waals surface area contributed by atoms with Gasteiger partial charge >= 0.3 is 6.03 Å². The summed E-state index contributed by atoms with van der Waals surface area (Å²) in [6, 6.07) is 3.86. The highest BCUT2D eigenvalue weighted by Gasteiger charge is 2.30. The number of nitrogens with one attached hydrogen (secondary N) is 1. The zero-order chi connectivity index (χ0) is 16.8. The maximum atomic E-state index is 12.5. The molecule has 0 bridgehead atoms. The molecule has 1 aliphatic heterocycles. The van der Waals surface area contributed by atoms with Crippen molar-refractivity contribution in [1.29, 1.82) is 0 Å². The number of morpholine rings is 1. The molecule has 1 aliphatic rings. The van der Waals surface area contributed by atoms with Crippen molar-refractivity contribution in [1.82, 2.24) is 10.2 Å². The molecule has 2 N–H and O–H groups in total. The van der Waals surface area contributed by atoms with Crippen LogP contribution in [0, 0.1) is 5.92 Å². The van der Waals surface area contributed by atoms with E-state index in [9.17, 15) is 9.90 Å². The minimum atomic E-state index is -0.551. The summed E-state index contributed by atoms with van der Waals surface area (Å²) in [6.07, 6.45) is 0.913. The first-order valence-corrected chi connectivity index (χ1v) is 9.21. The summed E-state index contributed by atoms with van der Waals surface area (Å²) in [4.78, 5) is 15.3. The lowest BCUT2D eigenvalue weighted by Gasteiger charge is -2.37. The van der Waals surface area contributed by atoms with Gasteiger partial charge in [0.1, 0.15) is 0 Å². The van der Waals surface area contributed by atoms with Crippen LogP contribution in [0.15, 0.2) is 17.5 Å². The van der Waals surface area contributed by atoms with E-state index in [1.807, 2.05) is 29.3 Å². The van der Waals surface area contributed by atoms with Gasteiger partial charge in [0.2, 0.25) is 0 Å². The van der Waals surface area contributed by atoms with Crippen LogP contribution in [0.25, 0.3) is 0 Å². The van der Waals surface area contributed by atoms with Crippen LogP contribution in [0.4, 0.5) is 4.79 Å². The Morgan fingerprint density at radius 1 is 1.52 bits per heavy atom. The zero-order valence-electron chi connectivity index (χ0n) is 14.2. The lowest BCUT2D eigenvalue weighted by atomic mass is 10.0. The molecule has 0 aliphatic carbocycles. The molecular weight excluding hydrogens is 312 g/mol. The first-order chi connectivity index (χ1) is 11.0. The largest absolute Gasteiger partial charge is 0.387 e. The van der Waals surface area contributed by atoms with Gasteiger partial charge in [0, 0.05) is 23.9 Å². The van der Waals surface area contributed by atoms with Crippen LogP contribution >= 0.6 is 11.3 Å². The minimum absolute atomic E-state index is 0.0511. The molecule has 5 nitrogen and oxygen atoms in total. The van der Waals surface area contributed by atoms with Crippen LogP contribution in [0.2, 0.25) is 0 Å². The average molecular weight is 340 g/mol. The van der Waals surface area contributed by atoms with Gasteiger partial charge in [0.15, 0.2) is 0 Å². The van der Waals surface area contributed by atoms with E-state index in [1.165, 1.54) is 11.3 Å². The molecule has 3 atom stereocenters. The highest BCUT2D eigenvalue weighted by molar-refractivity contribution is 7.10. The summed E-state index contributed by atoms with van der Waals surface area (Å²) in [6.45, 7) is 7.94. The first-order valence-electron chi connectivity index (χ1n) is 8.33. The van der Waals surface area contributed by atoms with E-state index in [0.717, 1.165) is 11.3 Å². The maximum Gasteiger partial charge on any atom is 0.318 e. The molecule has 2 rings (SSSR count). The Morgan fingerprint density at radius 3 is 2.96 bits per heavy atom.